The summed E-state index contributed by atoms with van der Waals surface area (Å²) in [4.78, 5) is 0. The molecule has 0 aromatic heterocycles. The van der Waals surface area contributed by atoms with Gasteiger partial charge in [-0.3, -0.25) is 0 Å². The first-order chi connectivity index (χ1) is 9.47. The highest BCUT2D eigenvalue weighted by atomic mass is 16.5. The average molecular weight is 277 g/mol. The van der Waals surface area contributed by atoms with Crippen molar-refractivity contribution in [2.45, 2.75) is 67.0 Å². The molecule has 0 radical (unpaired) electrons. The molecule has 0 spiro atoms. The van der Waals surface area contributed by atoms with E-state index in [1.165, 1.54) is 29.5 Å². The van der Waals surface area contributed by atoms with Gasteiger partial charge >= 0.3 is 0 Å². The Morgan fingerprint density at radius 1 is 1.05 bits per heavy atom. The van der Waals surface area contributed by atoms with Gasteiger partial charge < -0.3 is 10.1 Å². The van der Waals surface area contributed by atoms with Crippen LogP contribution in [0.25, 0.3) is 0 Å². The Morgan fingerprint density at radius 3 is 2.05 bits per heavy atom. The molecule has 0 amide bonds. The number of hydrogen-bond acceptors (Lipinski definition) is 2. The van der Waals surface area contributed by atoms with Crippen molar-refractivity contribution >= 4 is 0 Å². The normalized spacial score (nSPS) is 11.4. The van der Waals surface area contributed by atoms with E-state index < -0.39 is 0 Å². The zero-order valence-corrected chi connectivity index (χ0v) is 14.0. The molecule has 0 saturated heterocycles. The summed E-state index contributed by atoms with van der Waals surface area (Å²) >= 11 is 0. The van der Waals surface area contributed by atoms with E-state index in [0.29, 0.717) is 12.0 Å². The van der Waals surface area contributed by atoms with Crippen LogP contribution in [0.5, 0.6) is 5.75 Å². The van der Waals surface area contributed by atoms with Gasteiger partial charge in [0.15, 0.2) is 0 Å². The molecule has 20 heavy (non-hydrogen) atoms. The van der Waals surface area contributed by atoms with Gasteiger partial charge in [-0.1, -0.05) is 52.7 Å². The smallest absolute Gasteiger partial charge is 0.125 e. The average Bonchev–Trinajstić information content (AvgIpc) is 2.40. The lowest BCUT2D eigenvalue weighted by molar-refractivity contribution is 0.238. The summed E-state index contributed by atoms with van der Waals surface area (Å²) < 4.78 is 6.07. The summed E-state index contributed by atoms with van der Waals surface area (Å²) in [5, 5.41) is 3.46. The Balaban J connectivity index is 2.73. The quantitative estimate of drug-likeness (QED) is 0.749. The lowest BCUT2D eigenvalue weighted by Gasteiger charge is -2.18. The fourth-order valence-corrected chi connectivity index (χ4v) is 2.42. The lowest BCUT2D eigenvalue weighted by Crippen LogP contribution is -2.22. The van der Waals surface area contributed by atoms with Crippen LogP contribution in [0.2, 0.25) is 0 Å². The number of ether oxygens (including phenoxy) is 1. The van der Waals surface area contributed by atoms with Crippen LogP contribution >= 0.6 is 0 Å². The molecular weight excluding hydrogens is 246 g/mol. The highest BCUT2D eigenvalue weighted by molar-refractivity contribution is 5.43. The predicted molar refractivity (Wildman–Crippen MR) is 87.5 cm³/mol. The van der Waals surface area contributed by atoms with Crippen molar-refractivity contribution in [3.05, 3.63) is 28.8 Å². The number of benzene rings is 1. The molecule has 0 atom stereocenters. The van der Waals surface area contributed by atoms with E-state index in [1.807, 2.05) is 0 Å². The number of nitrogens with one attached hydrogen (secondary N) is 1. The maximum absolute atomic E-state index is 6.07. The molecule has 0 aliphatic rings. The van der Waals surface area contributed by atoms with Crippen molar-refractivity contribution in [2.24, 2.45) is 5.92 Å². The molecular formula is C18H31NO. The van der Waals surface area contributed by atoms with Gasteiger partial charge in [0.2, 0.25) is 0 Å². The van der Waals surface area contributed by atoms with E-state index in [-0.39, 0.29) is 0 Å². The molecule has 0 saturated carbocycles. The third kappa shape index (κ3) is 5.16. The number of aryl methyl sites for hydroxylation is 2. The monoisotopic (exact) mass is 277 g/mol. The summed E-state index contributed by atoms with van der Waals surface area (Å²) in [5.41, 5.74) is 3.83. The van der Waals surface area contributed by atoms with Gasteiger partial charge in [0.25, 0.3) is 0 Å². The van der Waals surface area contributed by atoms with Gasteiger partial charge in [0, 0.05) is 12.6 Å². The predicted octanol–water partition coefficient (Wildman–Crippen LogP) is 4.62. The molecule has 1 N–H and O–H groups in total. The maximum Gasteiger partial charge on any atom is 0.125 e. The molecule has 1 aromatic carbocycles. The summed E-state index contributed by atoms with van der Waals surface area (Å²) in [7, 11) is 0. The van der Waals surface area contributed by atoms with Crippen molar-refractivity contribution in [3.63, 3.8) is 0 Å². The first kappa shape index (κ1) is 17.0. The lowest BCUT2D eigenvalue weighted by atomic mass is 10.0. The van der Waals surface area contributed by atoms with Crippen LogP contribution in [0.15, 0.2) is 12.1 Å². The van der Waals surface area contributed by atoms with E-state index in [1.54, 1.807) is 0 Å². The molecule has 0 unspecified atom stereocenters. The van der Waals surface area contributed by atoms with E-state index in [2.05, 4.69) is 59.0 Å². The van der Waals surface area contributed by atoms with Crippen molar-refractivity contribution in [1.82, 2.24) is 5.32 Å². The second kappa shape index (κ2) is 8.31. The Kier molecular flexibility index (Phi) is 7.08. The molecule has 114 valence electrons. The molecule has 0 fully saturated rings. The van der Waals surface area contributed by atoms with Crippen LogP contribution < -0.4 is 10.1 Å². The minimum absolute atomic E-state index is 0.515. The van der Waals surface area contributed by atoms with E-state index in [0.717, 1.165) is 18.9 Å². The van der Waals surface area contributed by atoms with Crippen LogP contribution in [0, 0.1) is 19.8 Å². The highest BCUT2D eigenvalue weighted by Crippen LogP contribution is 2.26. The first-order valence-electron chi connectivity index (χ1n) is 7.94. The van der Waals surface area contributed by atoms with E-state index >= 15 is 0 Å². The van der Waals surface area contributed by atoms with Crippen LogP contribution in [-0.2, 0) is 6.54 Å². The molecule has 0 bridgehead atoms. The van der Waals surface area contributed by atoms with Gasteiger partial charge in [-0.25, -0.2) is 0 Å². The van der Waals surface area contributed by atoms with E-state index in [4.69, 9.17) is 4.74 Å². The number of rotatable bonds is 8. The fraction of sp³-hybridized carbons (Fsp3) is 0.667. The standard InChI is InChI=1S/C18H31NO/c1-7-16(8-2)12-20-18-14(5)9-17(10-15(18)6)11-19-13(3)4/h9-10,13,16,19H,7-8,11-12H2,1-6H3. The summed E-state index contributed by atoms with van der Waals surface area (Å²) in [5.74, 6) is 1.74. The summed E-state index contributed by atoms with van der Waals surface area (Å²) in [6, 6.07) is 5.00. The van der Waals surface area contributed by atoms with Gasteiger partial charge in [0.1, 0.15) is 5.75 Å². The zero-order valence-electron chi connectivity index (χ0n) is 14.0. The summed E-state index contributed by atoms with van der Waals surface area (Å²) in [6.07, 6.45) is 2.37. The molecule has 0 heterocycles. The molecule has 2 heteroatoms. The first-order valence-corrected chi connectivity index (χ1v) is 7.94. The van der Waals surface area contributed by atoms with E-state index in [9.17, 15) is 0 Å². The SMILES string of the molecule is CCC(CC)COc1c(C)cc(CNC(C)C)cc1C. The zero-order chi connectivity index (χ0) is 15.1. The Bertz CT molecular complexity index is 385. The minimum atomic E-state index is 0.515. The second-order valence-corrected chi connectivity index (χ2v) is 6.09. The van der Waals surface area contributed by atoms with Gasteiger partial charge in [0.05, 0.1) is 6.61 Å². The third-order valence-corrected chi connectivity index (χ3v) is 3.85. The molecule has 1 aromatic rings. The molecule has 1 rings (SSSR count). The Hall–Kier alpha value is -1.02. The Labute approximate surface area is 124 Å². The molecule has 0 aliphatic heterocycles. The summed E-state index contributed by atoms with van der Waals surface area (Å²) in [6.45, 7) is 14.9. The van der Waals surface area contributed by atoms with Crippen LogP contribution in [0.1, 0.15) is 57.2 Å². The topological polar surface area (TPSA) is 21.3 Å². The van der Waals surface area contributed by atoms with Crippen molar-refractivity contribution in [3.8, 4) is 5.75 Å². The van der Waals surface area contributed by atoms with Crippen LogP contribution in [0.4, 0.5) is 0 Å². The fourth-order valence-electron chi connectivity index (χ4n) is 2.42. The van der Waals surface area contributed by atoms with Gasteiger partial charge in [-0.15, -0.1) is 0 Å². The van der Waals surface area contributed by atoms with Crippen molar-refractivity contribution in [1.29, 1.82) is 0 Å². The minimum Gasteiger partial charge on any atom is -0.493 e. The highest BCUT2D eigenvalue weighted by Gasteiger charge is 2.10. The van der Waals surface area contributed by atoms with Crippen molar-refractivity contribution in [2.75, 3.05) is 6.61 Å². The van der Waals surface area contributed by atoms with Crippen molar-refractivity contribution < 1.29 is 4.74 Å². The second-order valence-electron chi connectivity index (χ2n) is 6.09. The van der Waals surface area contributed by atoms with Gasteiger partial charge in [-0.2, -0.15) is 0 Å². The molecule has 0 aliphatic carbocycles. The molecule has 2 nitrogen and oxygen atoms in total. The number of hydrogen-bond donors (Lipinski definition) is 1. The van der Waals surface area contributed by atoms with Crippen LogP contribution in [0.3, 0.4) is 0 Å². The Morgan fingerprint density at radius 2 is 1.60 bits per heavy atom. The van der Waals surface area contributed by atoms with Gasteiger partial charge in [-0.05, 0) is 36.5 Å². The third-order valence-electron chi connectivity index (χ3n) is 3.85. The maximum atomic E-state index is 6.07. The largest absolute Gasteiger partial charge is 0.493 e. The van der Waals surface area contributed by atoms with Crippen LogP contribution in [-0.4, -0.2) is 12.6 Å².